The molecule has 2 heterocycles. The number of nitriles is 1. The number of hydrogen-bond acceptors (Lipinski definition) is 3. The number of aromatic nitrogens is 1. The summed E-state index contributed by atoms with van der Waals surface area (Å²) in [7, 11) is 0. The summed E-state index contributed by atoms with van der Waals surface area (Å²) in [4.78, 5) is 13.5. The fourth-order valence-electron chi connectivity index (χ4n) is 3.33. The zero-order valence-electron chi connectivity index (χ0n) is 16.0. The lowest BCUT2D eigenvalue weighted by atomic mass is 10.1. The maximum absolute atomic E-state index is 13.6. The molecular weight excluding hydrogens is 397 g/mol. The maximum atomic E-state index is 13.6. The molecule has 0 bridgehead atoms. The molecule has 0 unspecified atom stereocenters. The molecular formula is C24H18FN3OS. The van der Waals surface area contributed by atoms with E-state index in [1.54, 1.807) is 23.5 Å². The molecule has 4 aromatic rings. The number of para-hydroxylation sites is 1. The van der Waals surface area contributed by atoms with Gasteiger partial charge in [0.25, 0.3) is 5.91 Å². The normalized spacial score (nSPS) is 11.4. The van der Waals surface area contributed by atoms with E-state index in [0.717, 1.165) is 26.9 Å². The number of amides is 1. The van der Waals surface area contributed by atoms with E-state index >= 15 is 0 Å². The topological polar surface area (TPSA) is 57.8 Å². The van der Waals surface area contributed by atoms with E-state index in [0.29, 0.717) is 13.1 Å². The maximum Gasteiger partial charge on any atom is 0.262 e. The number of halogens is 1. The Morgan fingerprint density at radius 2 is 2.03 bits per heavy atom. The number of rotatable bonds is 6. The lowest BCUT2D eigenvalue weighted by molar-refractivity contribution is -0.117. The van der Waals surface area contributed by atoms with E-state index in [1.165, 1.54) is 12.1 Å². The van der Waals surface area contributed by atoms with Crippen molar-refractivity contribution < 1.29 is 9.18 Å². The van der Waals surface area contributed by atoms with Gasteiger partial charge in [0.2, 0.25) is 0 Å². The van der Waals surface area contributed by atoms with Crippen LogP contribution in [0.3, 0.4) is 0 Å². The van der Waals surface area contributed by atoms with Crippen LogP contribution in [0.1, 0.15) is 16.0 Å². The summed E-state index contributed by atoms with van der Waals surface area (Å²) in [5.41, 5.74) is 2.59. The summed E-state index contributed by atoms with van der Waals surface area (Å²) < 4.78 is 15.6. The number of benzene rings is 2. The highest BCUT2D eigenvalue weighted by molar-refractivity contribution is 7.09. The lowest BCUT2D eigenvalue weighted by Gasteiger charge is -2.05. The first-order valence-electron chi connectivity index (χ1n) is 9.39. The monoisotopic (exact) mass is 415 g/mol. The van der Waals surface area contributed by atoms with Gasteiger partial charge < -0.3 is 9.88 Å². The van der Waals surface area contributed by atoms with Crippen molar-refractivity contribution in [2.45, 2.75) is 13.1 Å². The first kappa shape index (κ1) is 19.6. The molecule has 0 radical (unpaired) electrons. The largest absolute Gasteiger partial charge is 0.347 e. The van der Waals surface area contributed by atoms with Crippen molar-refractivity contribution in [1.82, 2.24) is 9.88 Å². The lowest BCUT2D eigenvalue weighted by Crippen LogP contribution is -2.23. The summed E-state index contributed by atoms with van der Waals surface area (Å²) in [6.45, 7) is 0.870. The van der Waals surface area contributed by atoms with Gasteiger partial charge in [0.1, 0.15) is 17.5 Å². The zero-order valence-corrected chi connectivity index (χ0v) is 16.8. The standard InChI is InChI=1S/C24H18FN3OS/c25-20-6-3-5-17(11-20)15-28-16-19(22-8-1-2-9-23(22)28)12-18(13-26)24(29)27-14-21-7-4-10-30-21/h1-12,16H,14-15H2,(H,27,29)/b18-12+. The number of nitrogens with zero attached hydrogens (tertiary/aromatic N) is 2. The van der Waals surface area contributed by atoms with Crippen LogP contribution in [0, 0.1) is 17.1 Å². The minimum absolute atomic E-state index is 0.0419. The Balaban J connectivity index is 1.64. The fraction of sp³-hybridized carbons (Fsp3) is 0.0833. The van der Waals surface area contributed by atoms with Crippen molar-refractivity contribution in [1.29, 1.82) is 5.26 Å². The first-order valence-corrected chi connectivity index (χ1v) is 10.3. The molecule has 4 rings (SSSR count). The number of carbonyl (C=O) groups is 1. The molecule has 0 aliphatic carbocycles. The molecule has 0 atom stereocenters. The third kappa shape index (κ3) is 4.32. The predicted octanol–water partition coefficient (Wildman–Crippen LogP) is 5.11. The fourth-order valence-corrected chi connectivity index (χ4v) is 3.98. The predicted molar refractivity (Wildman–Crippen MR) is 117 cm³/mol. The van der Waals surface area contributed by atoms with Gasteiger partial charge in [-0.25, -0.2) is 4.39 Å². The van der Waals surface area contributed by atoms with Gasteiger partial charge in [0, 0.05) is 34.1 Å². The summed E-state index contributed by atoms with van der Waals surface area (Å²) in [6, 6.07) is 20.1. The van der Waals surface area contributed by atoms with E-state index in [9.17, 15) is 14.4 Å². The molecule has 1 N–H and O–H groups in total. The van der Waals surface area contributed by atoms with Crippen LogP contribution in [0.25, 0.3) is 17.0 Å². The van der Waals surface area contributed by atoms with E-state index in [2.05, 4.69) is 5.32 Å². The van der Waals surface area contributed by atoms with Crippen LogP contribution in [0.4, 0.5) is 4.39 Å². The highest BCUT2D eigenvalue weighted by Crippen LogP contribution is 2.25. The van der Waals surface area contributed by atoms with Crippen molar-refractivity contribution in [3.63, 3.8) is 0 Å². The van der Waals surface area contributed by atoms with E-state index in [-0.39, 0.29) is 11.4 Å². The van der Waals surface area contributed by atoms with Crippen LogP contribution < -0.4 is 5.32 Å². The molecule has 30 heavy (non-hydrogen) atoms. The van der Waals surface area contributed by atoms with Crippen LogP contribution in [-0.4, -0.2) is 10.5 Å². The van der Waals surface area contributed by atoms with Gasteiger partial charge in [-0.05, 0) is 41.3 Å². The summed E-state index contributed by atoms with van der Waals surface area (Å²) >= 11 is 1.55. The van der Waals surface area contributed by atoms with Crippen molar-refractivity contribution >= 4 is 34.2 Å². The Kier molecular flexibility index (Phi) is 5.73. The Labute approximate surface area is 177 Å². The number of nitrogens with one attached hydrogen (secondary N) is 1. The Morgan fingerprint density at radius 1 is 1.17 bits per heavy atom. The number of fused-ring (bicyclic) bond motifs is 1. The second-order valence-electron chi connectivity index (χ2n) is 6.79. The summed E-state index contributed by atoms with van der Waals surface area (Å²) in [5, 5.41) is 15.2. The van der Waals surface area contributed by atoms with E-state index in [1.807, 2.05) is 64.7 Å². The van der Waals surface area contributed by atoms with Gasteiger partial charge in [0.15, 0.2) is 0 Å². The molecule has 1 amide bonds. The molecule has 0 spiro atoms. The zero-order chi connectivity index (χ0) is 20.9. The van der Waals surface area contributed by atoms with Crippen LogP contribution in [0.2, 0.25) is 0 Å². The molecule has 0 aliphatic rings. The molecule has 0 fully saturated rings. The van der Waals surface area contributed by atoms with E-state index < -0.39 is 5.91 Å². The number of thiophene rings is 1. The molecule has 2 aromatic carbocycles. The van der Waals surface area contributed by atoms with Gasteiger partial charge in [-0.15, -0.1) is 11.3 Å². The second kappa shape index (κ2) is 8.76. The number of hydrogen-bond donors (Lipinski definition) is 1. The Bertz CT molecular complexity index is 1270. The highest BCUT2D eigenvalue weighted by Gasteiger charge is 2.13. The van der Waals surface area contributed by atoms with Gasteiger partial charge in [-0.2, -0.15) is 5.26 Å². The Morgan fingerprint density at radius 3 is 2.80 bits per heavy atom. The van der Waals surface area contributed by atoms with Crippen LogP contribution in [-0.2, 0) is 17.9 Å². The molecule has 0 aliphatic heterocycles. The summed E-state index contributed by atoms with van der Waals surface area (Å²) in [5.74, 6) is -0.689. The molecule has 2 aromatic heterocycles. The van der Waals surface area contributed by atoms with E-state index in [4.69, 9.17) is 0 Å². The third-order valence-corrected chi connectivity index (χ3v) is 5.61. The van der Waals surface area contributed by atoms with Crippen LogP contribution in [0.15, 0.2) is 77.8 Å². The average Bonchev–Trinajstić information content (AvgIpc) is 3.39. The van der Waals surface area contributed by atoms with Gasteiger partial charge in [0.05, 0.1) is 6.54 Å². The first-order chi connectivity index (χ1) is 14.6. The van der Waals surface area contributed by atoms with Crippen molar-refractivity contribution in [3.8, 4) is 6.07 Å². The highest BCUT2D eigenvalue weighted by atomic mass is 32.1. The average molecular weight is 415 g/mol. The molecule has 6 heteroatoms. The molecule has 0 saturated carbocycles. The second-order valence-corrected chi connectivity index (χ2v) is 7.82. The van der Waals surface area contributed by atoms with Crippen LogP contribution in [0.5, 0.6) is 0 Å². The van der Waals surface area contributed by atoms with Crippen molar-refractivity contribution in [2.75, 3.05) is 0 Å². The molecule has 0 saturated heterocycles. The Hall–Kier alpha value is -3.69. The molecule has 4 nitrogen and oxygen atoms in total. The van der Waals surface area contributed by atoms with Gasteiger partial charge in [-0.3, -0.25) is 4.79 Å². The van der Waals surface area contributed by atoms with Gasteiger partial charge in [-0.1, -0.05) is 36.4 Å². The summed E-state index contributed by atoms with van der Waals surface area (Å²) in [6.07, 6.45) is 3.49. The van der Waals surface area contributed by atoms with Crippen LogP contribution >= 0.6 is 11.3 Å². The minimum Gasteiger partial charge on any atom is -0.347 e. The smallest absolute Gasteiger partial charge is 0.262 e. The minimum atomic E-state index is -0.409. The van der Waals surface area contributed by atoms with Gasteiger partial charge >= 0.3 is 0 Å². The van der Waals surface area contributed by atoms with Crippen molar-refractivity contribution in [3.05, 3.63) is 99.6 Å². The SMILES string of the molecule is N#C/C(=C\c1cn(Cc2cccc(F)c2)c2ccccc12)C(=O)NCc1cccs1. The quantitative estimate of drug-likeness (QED) is 0.351. The third-order valence-electron chi connectivity index (χ3n) is 4.73. The molecule has 148 valence electrons. The van der Waals surface area contributed by atoms with Crippen molar-refractivity contribution in [2.24, 2.45) is 0 Å². The number of carbonyl (C=O) groups excluding carboxylic acids is 1.